The number of hydrogen-bond acceptors (Lipinski definition) is 3. The molecule has 0 unspecified atom stereocenters. The van der Waals surface area contributed by atoms with Gasteiger partial charge in [0.25, 0.3) is 0 Å². The highest BCUT2D eigenvalue weighted by Crippen LogP contribution is 2.43. The summed E-state index contributed by atoms with van der Waals surface area (Å²) in [6.45, 7) is 2.09. The van der Waals surface area contributed by atoms with Crippen LogP contribution in [0.5, 0.6) is 0 Å². The van der Waals surface area contributed by atoms with Crippen molar-refractivity contribution in [1.29, 1.82) is 0 Å². The van der Waals surface area contributed by atoms with Crippen molar-refractivity contribution in [2.24, 2.45) is 0 Å². The molecule has 3 aromatic rings. The zero-order chi connectivity index (χ0) is 13.9. The number of aryl methyl sites for hydroxylation is 1. The van der Waals surface area contributed by atoms with Gasteiger partial charge in [0, 0.05) is 15.4 Å². The van der Waals surface area contributed by atoms with Gasteiger partial charge in [0.2, 0.25) is 0 Å². The fourth-order valence-corrected chi connectivity index (χ4v) is 3.80. The number of anilines is 1. The molecule has 2 heterocycles. The van der Waals surface area contributed by atoms with Gasteiger partial charge in [-0.3, -0.25) is 0 Å². The Morgan fingerprint density at radius 1 is 1.35 bits per heavy atom. The Hall–Kier alpha value is -1.33. The summed E-state index contributed by atoms with van der Waals surface area (Å²) in [5.41, 5.74) is 9.48. The van der Waals surface area contributed by atoms with Crippen molar-refractivity contribution in [3.05, 3.63) is 33.6 Å². The molecule has 5 heteroatoms. The summed E-state index contributed by atoms with van der Waals surface area (Å²) >= 11 is 5.15. The van der Waals surface area contributed by atoms with Crippen LogP contribution in [0.25, 0.3) is 22.4 Å². The lowest BCUT2D eigenvalue weighted by Gasteiger charge is -2.07. The molecule has 0 spiro atoms. The summed E-state index contributed by atoms with van der Waals surface area (Å²) in [6.07, 6.45) is 2.47. The van der Waals surface area contributed by atoms with Crippen molar-refractivity contribution >= 4 is 43.3 Å². The maximum atomic E-state index is 6.17. The van der Waals surface area contributed by atoms with E-state index >= 15 is 0 Å². The smallest absolute Gasteiger partial charge is 0.144 e. The van der Waals surface area contributed by atoms with Crippen molar-refractivity contribution in [3.8, 4) is 11.4 Å². The molecule has 3 nitrogen and oxygen atoms in total. The topological polar surface area (TPSA) is 43.8 Å². The third kappa shape index (κ3) is 1.88. The molecule has 1 aromatic carbocycles. The molecule has 0 aliphatic heterocycles. The third-order valence-corrected chi connectivity index (χ3v) is 5.06. The molecule has 4 rings (SSSR count). The molecule has 1 aliphatic rings. The minimum absolute atomic E-state index is 0.579. The monoisotopic (exact) mass is 347 g/mol. The maximum absolute atomic E-state index is 6.17. The average molecular weight is 348 g/mol. The van der Waals surface area contributed by atoms with Crippen molar-refractivity contribution in [1.82, 2.24) is 9.55 Å². The lowest BCUT2D eigenvalue weighted by molar-refractivity contribution is 0.776. The summed E-state index contributed by atoms with van der Waals surface area (Å²) in [4.78, 5) is 6.07. The molecule has 20 heavy (non-hydrogen) atoms. The first-order valence-electron chi connectivity index (χ1n) is 6.67. The van der Waals surface area contributed by atoms with Crippen LogP contribution < -0.4 is 5.73 Å². The van der Waals surface area contributed by atoms with E-state index in [0.29, 0.717) is 6.04 Å². The van der Waals surface area contributed by atoms with Crippen molar-refractivity contribution in [2.75, 3.05) is 5.73 Å². The van der Waals surface area contributed by atoms with Gasteiger partial charge in [-0.2, -0.15) is 0 Å². The number of nitrogens with zero attached hydrogens (tertiary/aromatic N) is 2. The van der Waals surface area contributed by atoms with Gasteiger partial charge in [-0.15, -0.1) is 11.3 Å². The fourth-order valence-electron chi connectivity index (χ4n) is 2.67. The Labute approximate surface area is 129 Å². The number of fused-ring (bicyclic) bond motifs is 1. The zero-order valence-corrected chi connectivity index (χ0v) is 13.5. The Balaban J connectivity index is 2.03. The van der Waals surface area contributed by atoms with Crippen LogP contribution in [0.15, 0.2) is 28.7 Å². The van der Waals surface area contributed by atoms with Gasteiger partial charge in [0.1, 0.15) is 5.82 Å². The van der Waals surface area contributed by atoms with Gasteiger partial charge in [-0.1, -0.05) is 15.9 Å². The van der Waals surface area contributed by atoms with E-state index in [9.17, 15) is 0 Å². The van der Waals surface area contributed by atoms with Crippen LogP contribution in [-0.4, -0.2) is 9.55 Å². The molecule has 2 N–H and O–H groups in total. The Kier molecular flexibility index (Phi) is 2.69. The molecule has 0 saturated heterocycles. The predicted molar refractivity (Wildman–Crippen MR) is 88.2 cm³/mol. The Morgan fingerprint density at radius 3 is 2.80 bits per heavy atom. The molecular weight excluding hydrogens is 334 g/mol. The predicted octanol–water partition coefficient (Wildman–Crippen LogP) is 4.75. The van der Waals surface area contributed by atoms with E-state index in [4.69, 9.17) is 10.7 Å². The van der Waals surface area contributed by atoms with Crippen molar-refractivity contribution < 1.29 is 0 Å². The number of rotatable bonds is 2. The Bertz CT molecular complexity index is 814. The molecule has 1 fully saturated rings. The van der Waals surface area contributed by atoms with Crippen LogP contribution >= 0.6 is 27.3 Å². The van der Waals surface area contributed by atoms with E-state index in [0.717, 1.165) is 26.4 Å². The van der Waals surface area contributed by atoms with E-state index in [1.807, 2.05) is 0 Å². The summed E-state index contributed by atoms with van der Waals surface area (Å²) in [5, 5.41) is 0.860. The van der Waals surface area contributed by atoms with E-state index in [1.54, 1.807) is 11.3 Å². The number of nitrogens with two attached hydrogens (primary N) is 1. The van der Waals surface area contributed by atoms with E-state index in [1.165, 1.54) is 23.2 Å². The van der Waals surface area contributed by atoms with Crippen molar-refractivity contribution in [2.45, 2.75) is 25.8 Å². The van der Waals surface area contributed by atoms with Gasteiger partial charge in [0.05, 0.1) is 21.6 Å². The highest BCUT2D eigenvalue weighted by molar-refractivity contribution is 9.10. The lowest BCUT2D eigenvalue weighted by atomic mass is 10.2. The summed E-state index contributed by atoms with van der Waals surface area (Å²) < 4.78 is 3.42. The van der Waals surface area contributed by atoms with Crippen molar-refractivity contribution in [3.63, 3.8) is 0 Å². The molecule has 1 aliphatic carbocycles. The first kappa shape index (κ1) is 12.4. The first-order chi connectivity index (χ1) is 9.63. The molecule has 0 radical (unpaired) electrons. The number of thiophene rings is 1. The zero-order valence-electron chi connectivity index (χ0n) is 11.1. The van der Waals surface area contributed by atoms with E-state index in [-0.39, 0.29) is 0 Å². The minimum atomic E-state index is 0.579. The van der Waals surface area contributed by atoms with Crippen LogP contribution in [0, 0.1) is 6.92 Å². The number of hydrogen-bond donors (Lipinski definition) is 1. The molecular formula is C15H14BrN3S. The van der Waals surface area contributed by atoms with E-state index < -0.39 is 0 Å². The van der Waals surface area contributed by atoms with Crippen LogP contribution in [0.1, 0.15) is 23.8 Å². The molecule has 0 bridgehead atoms. The number of benzene rings is 1. The Morgan fingerprint density at radius 2 is 2.15 bits per heavy atom. The first-order valence-corrected chi connectivity index (χ1v) is 8.28. The molecule has 102 valence electrons. The van der Waals surface area contributed by atoms with Gasteiger partial charge in [-0.05, 0) is 44.0 Å². The molecule has 1 saturated carbocycles. The largest absolute Gasteiger partial charge is 0.390 e. The quantitative estimate of drug-likeness (QED) is 0.726. The molecule has 2 aromatic heterocycles. The van der Waals surface area contributed by atoms with Gasteiger partial charge >= 0.3 is 0 Å². The SMILES string of the molecule is Cc1cc(-c2nc3cc(Br)ccc3n2C2CC2)c(N)s1. The number of aromatic nitrogens is 2. The second-order valence-electron chi connectivity index (χ2n) is 5.30. The number of nitrogen functional groups attached to an aromatic ring is 1. The summed E-state index contributed by atoms with van der Waals surface area (Å²) in [6, 6.07) is 9.02. The average Bonchev–Trinajstić information content (AvgIpc) is 3.08. The second-order valence-corrected chi connectivity index (χ2v) is 7.51. The van der Waals surface area contributed by atoms with Crippen LogP contribution in [0.4, 0.5) is 5.00 Å². The lowest BCUT2D eigenvalue weighted by Crippen LogP contribution is -1.98. The standard InChI is InChI=1S/C15H14BrN3S/c1-8-6-11(14(17)20-8)15-18-12-7-9(16)2-5-13(12)19(15)10-3-4-10/h2,5-7,10H,3-4,17H2,1H3. The van der Waals surface area contributed by atoms with Crippen LogP contribution in [-0.2, 0) is 0 Å². The summed E-state index contributed by atoms with van der Waals surface area (Å²) in [5.74, 6) is 1.02. The highest BCUT2D eigenvalue weighted by Gasteiger charge is 2.29. The third-order valence-electron chi connectivity index (χ3n) is 3.69. The minimum Gasteiger partial charge on any atom is -0.390 e. The van der Waals surface area contributed by atoms with Gasteiger partial charge in [-0.25, -0.2) is 4.98 Å². The maximum Gasteiger partial charge on any atom is 0.144 e. The fraction of sp³-hybridized carbons (Fsp3) is 0.267. The van der Waals surface area contributed by atoms with Crippen LogP contribution in [0.3, 0.4) is 0 Å². The van der Waals surface area contributed by atoms with E-state index in [2.05, 4.69) is 51.7 Å². The van der Waals surface area contributed by atoms with Crippen LogP contribution in [0.2, 0.25) is 0 Å². The molecule has 0 amide bonds. The normalized spacial score (nSPS) is 15.1. The summed E-state index contributed by atoms with van der Waals surface area (Å²) in [7, 11) is 0. The number of halogens is 1. The van der Waals surface area contributed by atoms with Gasteiger partial charge < -0.3 is 10.3 Å². The number of imidazole rings is 1. The molecule has 0 atom stereocenters. The van der Waals surface area contributed by atoms with Gasteiger partial charge in [0.15, 0.2) is 0 Å². The second kappa shape index (κ2) is 4.33. The highest BCUT2D eigenvalue weighted by atomic mass is 79.9.